The van der Waals surface area contributed by atoms with Crippen molar-refractivity contribution in [3.63, 3.8) is 0 Å². The molecular formula is C9H12O5. The van der Waals surface area contributed by atoms with Crippen molar-refractivity contribution in [3.05, 3.63) is 12.2 Å². The summed E-state index contributed by atoms with van der Waals surface area (Å²) in [5, 5.41) is 7.89. The highest BCUT2D eigenvalue weighted by Gasteiger charge is 2.20. The molecule has 0 aromatic rings. The molecule has 0 aromatic carbocycles. The van der Waals surface area contributed by atoms with Gasteiger partial charge in [0.1, 0.15) is 24.3 Å². The van der Waals surface area contributed by atoms with Crippen LogP contribution in [0.25, 0.3) is 0 Å². The van der Waals surface area contributed by atoms with E-state index in [9.17, 15) is 19.2 Å². The normalized spacial score (nSPS) is 9.00. The standard InChI is InChI=1S/C5H6O3.C4H6O2/c1-5(2-6,3-7)4-8;1-3(2)4(5)6/h2-4H,1H3;1H2,2H3,(H,5,6). The lowest BCUT2D eigenvalue weighted by molar-refractivity contribution is -0.133. The number of hydrogen-bond donors (Lipinski definition) is 1. The van der Waals surface area contributed by atoms with Crippen molar-refractivity contribution < 1.29 is 24.3 Å². The molecule has 0 spiro atoms. The Kier molecular flexibility index (Phi) is 7.05. The number of hydrogen-bond acceptors (Lipinski definition) is 4. The molecule has 0 saturated heterocycles. The predicted molar refractivity (Wildman–Crippen MR) is 48.7 cm³/mol. The molecule has 0 atom stereocenters. The summed E-state index contributed by atoms with van der Waals surface area (Å²) < 4.78 is 0. The zero-order valence-corrected chi connectivity index (χ0v) is 8.02. The van der Waals surface area contributed by atoms with E-state index in [-0.39, 0.29) is 5.57 Å². The van der Waals surface area contributed by atoms with Crippen LogP contribution >= 0.6 is 0 Å². The molecule has 78 valence electrons. The third kappa shape index (κ3) is 6.90. The summed E-state index contributed by atoms with van der Waals surface area (Å²) in [5.74, 6) is -0.935. The van der Waals surface area contributed by atoms with Gasteiger partial charge in [-0.15, -0.1) is 0 Å². The molecule has 0 bridgehead atoms. The molecule has 1 N–H and O–H groups in total. The highest BCUT2D eigenvalue weighted by atomic mass is 16.4. The fourth-order valence-corrected chi connectivity index (χ4v) is 0.0833. The van der Waals surface area contributed by atoms with Gasteiger partial charge in [-0.25, -0.2) is 4.79 Å². The average Bonchev–Trinajstić information content (AvgIpc) is 2.17. The minimum Gasteiger partial charge on any atom is -0.478 e. The first kappa shape index (κ1) is 14.7. The van der Waals surface area contributed by atoms with Gasteiger partial charge in [0.15, 0.2) is 0 Å². The van der Waals surface area contributed by atoms with Crippen LogP contribution in [0.2, 0.25) is 0 Å². The van der Waals surface area contributed by atoms with Gasteiger partial charge >= 0.3 is 5.97 Å². The summed E-state index contributed by atoms with van der Waals surface area (Å²) in [4.78, 5) is 39.1. The molecule has 0 rings (SSSR count). The summed E-state index contributed by atoms with van der Waals surface area (Å²) in [6, 6.07) is 0. The first-order valence-electron chi connectivity index (χ1n) is 3.60. The molecule has 5 heteroatoms. The van der Waals surface area contributed by atoms with Crippen LogP contribution in [-0.2, 0) is 19.2 Å². The zero-order valence-electron chi connectivity index (χ0n) is 8.02. The minimum atomic E-state index is -1.42. The molecule has 0 radical (unpaired) electrons. The van der Waals surface area contributed by atoms with E-state index in [1.54, 1.807) is 0 Å². The second-order valence-electron chi connectivity index (χ2n) is 2.81. The highest BCUT2D eigenvalue weighted by molar-refractivity contribution is 6.01. The summed E-state index contributed by atoms with van der Waals surface area (Å²) >= 11 is 0. The van der Waals surface area contributed by atoms with Crippen LogP contribution in [0.1, 0.15) is 13.8 Å². The van der Waals surface area contributed by atoms with Gasteiger partial charge in [-0.05, 0) is 13.8 Å². The van der Waals surface area contributed by atoms with Gasteiger partial charge in [0, 0.05) is 5.57 Å². The molecular weight excluding hydrogens is 188 g/mol. The van der Waals surface area contributed by atoms with Gasteiger partial charge in [-0.3, -0.25) is 0 Å². The number of carboxylic acids is 1. The number of carboxylic acid groups (broad SMARTS) is 1. The molecule has 0 aliphatic carbocycles. The second kappa shape index (κ2) is 6.71. The van der Waals surface area contributed by atoms with Gasteiger partial charge in [0.05, 0.1) is 0 Å². The van der Waals surface area contributed by atoms with E-state index in [0.29, 0.717) is 18.9 Å². The number of aldehydes is 3. The summed E-state index contributed by atoms with van der Waals surface area (Å²) in [7, 11) is 0. The SMILES string of the molecule is C=C(C)C(=O)O.CC(C=O)(C=O)C=O. The maximum atomic E-state index is 9.83. The Hall–Kier alpha value is -1.78. The third-order valence-corrected chi connectivity index (χ3v) is 1.13. The van der Waals surface area contributed by atoms with Crippen LogP contribution in [0.15, 0.2) is 12.2 Å². The topological polar surface area (TPSA) is 88.5 Å². The molecule has 0 unspecified atom stereocenters. The van der Waals surface area contributed by atoms with E-state index in [0.717, 1.165) is 0 Å². The number of rotatable bonds is 4. The summed E-state index contributed by atoms with van der Waals surface area (Å²) in [5.41, 5.74) is -1.24. The van der Waals surface area contributed by atoms with Crippen LogP contribution in [0.3, 0.4) is 0 Å². The van der Waals surface area contributed by atoms with Gasteiger partial charge < -0.3 is 19.5 Å². The first-order valence-corrected chi connectivity index (χ1v) is 3.60. The van der Waals surface area contributed by atoms with Crippen molar-refractivity contribution >= 4 is 24.8 Å². The van der Waals surface area contributed by atoms with Crippen molar-refractivity contribution in [2.24, 2.45) is 5.41 Å². The van der Waals surface area contributed by atoms with Crippen LogP contribution in [0.5, 0.6) is 0 Å². The van der Waals surface area contributed by atoms with Crippen molar-refractivity contribution in [2.45, 2.75) is 13.8 Å². The summed E-state index contributed by atoms with van der Waals surface area (Å²) in [6.07, 6.45) is 0.938. The maximum absolute atomic E-state index is 9.83. The van der Waals surface area contributed by atoms with E-state index >= 15 is 0 Å². The van der Waals surface area contributed by atoms with E-state index < -0.39 is 11.4 Å². The first-order chi connectivity index (χ1) is 6.32. The fourth-order valence-electron chi connectivity index (χ4n) is 0.0833. The molecule has 0 heterocycles. The van der Waals surface area contributed by atoms with Gasteiger partial charge in [0.2, 0.25) is 0 Å². The third-order valence-electron chi connectivity index (χ3n) is 1.13. The number of carbonyl (C=O) groups is 4. The fraction of sp³-hybridized carbons (Fsp3) is 0.333. The Morgan fingerprint density at radius 1 is 1.21 bits per heavy atom. The van der Waals surface area contributed by atoms with E-state index in [1.807, 2.05) is 0 Å². The molecule has 14 heavy (non-hydrogen) atoms. The number of aliphatic carboxylic acids is 1. The van der Waals surface area contributed by atoms with Crippen molar-refractivity contribution in [1.29, 1.82) is 0 Å². The Morgan fingerprint density at radius 2 is 1.43 bits per heavy atom. The molecule has 0 aromatic heterocycles. The van der Waals surface area contributed by atoms with Crippen LogP contribution < -0.4 is 0 Å². The highest BCUT2D eigenvalue weighted by Crippen LogP contribution is 2.01. The van der Waals surface area contributed by atoms with Crippen LogP contribution in [-0.4, -0.2) is 29.9 Å². The lowest BCUT2D eigenvalue weighted by Crippen LogP contribution is -2.21. The summed E-state index contributed by atoms with van der Waals surface area (Å²) in [6.45, 7) is 5.85. The number of carbonyl (C=O) groups excluding carboxylic acids is 3. The maximum Gasteiger partial charge on any atom is 0.330 e. The van der Waals surface area contributed by atoms with Crippen molar-refractivity contribution in [3.8, 4) is 0 Å². The molecule has 0 aliphatic heterocycles. The Balaban J connectivity index is 0. The Labute approximate surface area is 81.4 Å². The second-order valence-corrected chi connectivity index (χ2v) is 2.81. The van der Waals surface area contributed by atoms with Crippen LogP contribution in [0.4, 0.5) is 0 Å². The zero-order chi connectivity index (χ0) is 11.8. The largest absolute Gasteiger partial charge is 0.478 e. The molecule has 0 saturated carbocycles. The lowest BCUT2D eigenvalue weighted by atomic mass is 9.98. The average molecular weight is 200 g/mol. The van der Waals surface area contributed by atoms with E-state index in [2.05, 4.69) is 6.58 Å². The Bertz CT molecular complexity index is 220. The smallest absolute Gasteiger partial charge is 0.330 e. The molecule has 0 aliphatic rings. The molecule has 0 fully saturated rings. The predicted octanol–water partition coefficient (Wildman–Crippen LogP) is 0.236. The van der Waals surface area contributed by atoms with Crippen LogP contribution in [0, 0.1) is 5.41 Å². The molecule has 5 nitrogen and oxygen atoms in total. The quantitative estimate of drug-likeness (QED) is 0.399. The lowest BCUT2D eigenvalue weighted by Gasteiger charge is -2.00. The van der Waals surface area contributed by atoms with E-state index in [1.165, 1.54) is 13.8 Å². The minimum absolute atomic E-state index is 0.176. The van der Waals surface area contributed by atoms with Gasteiger partial charge in [-0.1, -0.05) is 6.58 Å². The molecule has 0 amide bonds. The monoisotopic (exact) mass is 200 g/mol. The van der Waals surface area contributed by atoms with E-state index in [4.69, 9.17) is 5.11 Å². The Morgan fingerprint density at radius 3 is 1.43 bits per heavy atom. The van der Waals surface area contributed by atoms with Crippen molar-refractivity contribution in [1.82, 2.24) is 0 Å². The van der Waals surface area contributed by atoms with Gasteiger partial charge in [-0.2, -0.15) is 0 Å². The van der Waals surface area contributed by atoms with Gasteiger partial charge in [0.25, 0.3) is 0 Å². The van der Waals surface area contributed by atoms with Crippen molar-refractivity contribution in [2.75, 3.05) is 0 Å².